The molecule has 0 radical (unpaired) electrons. The predicted molar refractivity (Wildman–Crippen MR) is 67.9 cm³/mol. The smallest absolute Gasteiger partial charge is 0.262 e. The number of rotatable bonds is 3. The van der Waals surface area contributed by atoms with E-state index in [4.69, 9.17) is 5.73 Å². The number of nitrogens with one attached hydrogen (secondary N) is 1. The maximum atomic E-state index is 13.6. The highest BCUT2D eigenvalue weighted by Gasteiger charge is 2.20. The topological polar surface area (TPSA) is 72.2 Å². The van der Waals surface area contributed by atoms with Gasteiger partial charge in [0.1, 0.15) is 11.5 Å². The van der Waals surface area contributed by atoms with Crippen LogP contribution < -0.4 is 10.5 Å². The molecule has 0 aliphatic rings. The SMILES string of the molecule is Nc1c(F)ccc(NS(=O)(=O)c2ccc(F)c(F)c2)c1F. The Hall–Kier alpha value is -2.29. The van der Waals surface area contributed by atoms with Crippen molar-refractivity contribution in [2.24, 2.45) is 0 Å². The van der Waals surface area contributed by atoms with Crippen molar-refractivity contribution in [2.75, 3.05) is 10.5 Å². The molecule has 2 rings (SSSR count). The molecule has 0 saturated heterocycles. The third-order valence-corrected chi connectivity index (χ3v) is 3.94. The normalized spacial score (nSPS) is 11.4. The fourth-order valence-corrected chi connectivity index (χ4v) is 2.57. The van der Waals surface area contributed by atoms with Crippen molar-refractivity contribution in [2.45, 2.75) is 4.90 Å². The minimum Gasteiger partial charge on any atom is -0.394 e. The Balaban J connectivity index is 2.42. The Morgan fingerprint density at radius 2 is 1.52 bits per heavy atom. The molecule has 0 saturated carbocycles. The molecular weight excluding hydrogens is 312 g/mol. The first-order chi connectivity index (χ1) is 9.72. The third-order valence-electron chi connectivity index (χ3n) is 2.57. The van der Waals surface area contributed by atoms with Crippen LogP contribution >= 0.6 is 0 Å². The molecule has 0 aliphatic carbocycles. The van der Waals surface area contributed by atoms with Gasteiger partial charge in [0, 0.05) is 0 Å². The second kappa shape index (κ2) is 5.24. The van der Waals surface area contributed by atoms with Crippen LogP contribution in [0.15, 0.2) is 35.2 Å². The molecule has 0 spiro atoms. The van der Waals surface area contributed by atoms with E-state index < -0.39 is 49.6 Å². The Morgan fingerprint density at radius 3 is 2.14 bits per heavy atom. The van der Waals surface area contributed by atoms with Crippen molar-refractivity contribution < 1.29 is 26.0 Å². The summed E-state index contributed by atoms with van der Waals surface area (Å²) in [6, 6.07) is 3.42. The largest absolute Gasteiger partial charge is 0.394 e. The van der Waals surface area contributed by atoms with Gasteiger partial charge in [0.15, 0.2) is 17.5 Å². The van der Waals surface area contributed by atoms with Crippen LogP contribution in [-0.4, -0.2) is 8.42 Å². The zero-order valence-corrected chi connectivity index (χ0v) is 11.0. The maximum Gasteiger partial charge on any atom is 0.262 e. The molecule has 0 bridgehead atoms. The van der Waals surface area contributed by atoms with Gasteiger partial charge >= 0.3 is 0 Å². The lowest BCUT2D eigenvalue weighted by atomic mass is 10.2. The average molecular weight is 320 g/mol. The fourth-order valence-electron chi connectivity index (χ4n) is 1.50. The Bertz CT molecular complexity index is 809. The van der Waals surface area contributed by atoms with E-state index in [1.807, 2.05) is 0 Å². The number of halogens is 4. The number of nitrogens with two attached hydrogens (primary N) is 1. The molecule has 0 heterocycles. The van der Waals surface area contributed by atoms with Gasteiger partial charge in [-0.15, -0.1) is 0 Å². The van der Waals surface area contributed by atoms with Gasteiger partial charge in [-0.25, -0.2) is 26.0 Å². The van der Waals surface area contributed by atoms with Gasteiger partial charge in [-0.3, -0.25) is 4.72 Å². The van der Waals surface area contributed by atoms with Crippen LogP contribution in [-0.2, 0) is 10.0 Å². The quantitative estimate of drug-likeness (QED) is 0.674. The van der Waals surface area contributed by atoms with Crippen molar-refractivity contribution in [1.82, 2.24) is 0 Å². The first-order valence-electron chi connectivity index (χ1n) is 5.43. The van der Waals surface area contributed by atoms with Crippen LogP contribution in [0.4, 0.5) is 28.9 Å². The number of nitrogen functional groups attached to an aromatic ring is 1. The zero-order chi connectivity index (χ0) is 15.8. The summed E-state index contributed by atoms with van der Waals surface area (Å²) in [7, 11) is -4.38. The summed E-state index contributed by atoms with van der Waals surface area (Å²) in [6.07, 6.45) is 0. The van der Waals surface area contributed by atoms with E-state index >= 15 is 0 Å². The molecule has 0 aliphatic heterocycles. The van der Waals surface area contributed by atoms with Crippen LogP contribution in [0.5, 0.6) is 0 Å². The Labute approximate surface area is 117 Å². The van der Waals surface area contributed by atoms with E-state index in [-0.39, 0.29) is 0 Å². The molecule has 2 aromatic carbocycles. The molecular formula is C12H8F4N2O2S. The van der Waals surface area contributed by atoms with Crippen molar-refractivity contribution in [3.63, 3.8) is 0 Å². The molecule has 2 aromatic rings. The minimum atomic E-state index is -4.38. The fraction of sp³-hybridized carbons (Fsp3) is 0. The summed E-state index contributed by atoms with van der Waals surface area (Å²) in [6.45, 7) is 0. The first-order valence-corrected chi connectivity index (χ1v) is 6.92. The zero-order valence-electron chi connectivity index (χ0n) is 10.2. The van der Waals surface area contributed by atoms with E-state index in [1.54, 1.807) is 4.72 Å². The molecule has 4 nitrogen and oxygen atoms in total. The van der Waals surface area contributed by atoms with Crippen LogP contribution in [0, 0.1) is 23.3 Å². The Morgan fingerprint density at radius 1 is 0.905 bits per heavy atom. The van der Waals surface area contributed by atoms with Crippen LogP contribution in [0.3, 0.4) is 0 Å². The van der Waals surface area contributed by atoms with Crippen LogP contribution in [0.25, 0.3) is 0 Å². The van der Waals surface area contributed by atoms with E-state index in [9.17, 15) is 26.0 Å². The molecule has 3 N–H and O–H groups in total. The van der Waals surface area contributed by atoms with Crippen molar-refractivity contribution >= 4 is 21.4 Å². The van der Waals surface area contributed by atoms with E-state index in [0.29, 0.717) is 12.1 Å². The van der Waals surface area contributed by atoms with E-state index in [0.717, 1.165) is 18.2 Å². The van der Waals surface area contributed by atoms with Crippen molar-refractivity contribution in [3.05, 3.63) is 53.6 Å². The summed E-state index contributed by atoms with van der Waals surface area (Å²) in [5.74, 6) is -4.97. The first kappa shape index (κ1) is 15.1. The lowest BCUT2D eigenvalue weighted by Crippen LogP contribution is -2.15. The van der Waals surface area contributed by atoms with E-state index in [1.165, 1.54) is 0 Å². The highest BCUT2D eigenvalue weighted by molar-refractivity contribution is 7.92. The second-order valence-corrected chi connectivity index (χ2v) is 5.69. The molecule has 9 heteroatoms. The van der Waals surface area contributed by atoms with Crippen LogP contribution in [0.2, 0.25) is 0 Å². The summed E-state index contributed by atoms with van der Waals surface area (Å²) in [5.41, 5.74) is 3.62. The molecule has 0 fully saturated rings. The number of sulfonamides is 1. The summed E-state index contributed by atoms with van der Waals surface area (Å²) in [5, 5.41) is 0. The summed E-state index contributed by atoms with van der Waals surface area (Å²) < 4.78 is 78.0. The number of hydrogen-bond donors (Lipinski definition) is 2. The van der Waals surface area contributed by atoms with Gasteiger partial charge in [0.05, 0.1) is 10.6 Å². The maximum absolute atomic E-state index is 13.6. The second-order valence-electron chi connectivity index (χ2n) is 4.00. The van der Waals surface area contributed by atoms with Gasteiger partial charge in [-0.2, -0.15) is 0 Å². The molecule has 0 amide bonds. The van der Waals surface area contributed by atoms with Gasteiger partial charge < -0.3 is 5.73 Å². The molecule has 0 unspecified atom stereocenters. The van der Waals surface area contributed by atoms with Gasteiger partial charge in [0.2, 0.25) is 0 Å². The van der Waals surface area contributed by atoms with Crippen molar-refractivity contribution in [3.8, 4) is 0 Å². The standard InChI is InChI=1S/C12H8F4N2O2S/c13-7-2-1-6(5-9(7)15)21(19,20)18-10-4-3-8(14)12(17)11(10)16/h1-5,18H,17H2. The lowest BCUT2D eigenvalue weighted by Gasteiger charge is -2.10. The molecule has 112 valence electrons. The van der Waals surface area contributed by atoms with Gasteiger partial charge in [-0.1, -0.05) is 0 Å². The van der Waals surface area contributed by atoms with Gasteiger partial charge in [-0.05, 0) is 30.3 Å². The minimum absolute atomic E-state index is 0.433. The van der Waals surface area contributed by atoms with Crippen LogP contribution in [0.1, 0.15) is 0 Å². The predicted octanol–water partition coefficient (Wildman–Crippen LogP) is 2.63. The third kappa shape index (κ3) is 2.92. The molecule has 21 heavy (non-hydrogen) atoms. The van der Waals surface area contributed by atoms with Gasteiger partial charge in [0.25, 0.3) is 10.0 Å². The molecule has 0 aromatic heterocycles. The number of anilines is 2. The number of hydrogen-bond acceptors (Lipinski definition) is 3. The van der Waals surface area contributed by atoms with Crippen molar-refractivity contribution in [1.29, 1.82) is 0 Å². The van der Waals surface area contributed by atoms with E-state index in [2.05, 4.69) is 0 Å². The molecule has 0 atom stereocenters. The highest BCUT2D eigenvalue weighted by atomic mass is 32.2. The highest BCUT2D eigenvalue weighted by Crippen LogP contribution is 2.25. The summed E-state index contributed by atoms with van der Waals surface area (Å²) in [4.78, 5) is -0.622. The Kier molecular flexibility index (Phi) is 3.77. The summed E-state index contributed by atoms with van der Waals surface area (Å²) >= 11 is 0. The number of benzene rings is 2. The lowest BCUT2D eigenvalue weighted by molar-refractivity contribution is 0.504. The monoisotopic (exact) mass is 320 g/mol. The average Bonchev–Trinajstić information content (AvgIpc) is 2.42.